The summed E-state index contributed by atoms with van der Waals surface area (Å²) in [6.07, 6.45) is 15.3. The van der Waals surface area contributed by atoms with E-state index in [0.717, 1.165) is 70.0 Å². The first kappa shape index (κ1) is 31.2. The molecule has 0 aromatic carbocycles. The summed E-state index contributed by atoms with van der Waals surface area (Å²) in [5, 5.41) is 14.7. The largest absolute Gasteiger partial charge is 0.481 e. The van der Waals surface area contributed by atoms with Crippen molar-refractivity contribution in [3.05, 3.63) is 11.6 Å². The van der Waals surface area contributed by atoms with E-state index in [1.165, 1.54) is 25.7 Å². The van der Waals surface area contributed by atoms with Crippen LogP contribution in [-0.2, 0) is 14.3 Å². The van der Waals surface area contributed by atoms with Crippen LogP contribution in [0.5, 0.6) is 0 Å². The molecule has 5 rings (SSSR count). The molecule has 2 N–H and O–H groups in total. The molecule has 7 unspecified atom stereocenters. The minimum atomic E-state index is -1.14. The molecular formula is C35H58N2O4. The third kappa shape index (κ3) is 4.51. The Bertz CT molecular complexity index is 997. The molecule has 0 radical (unpaired) electrons. The maximum atomic E-state index is 14.0. The predicted molar refractivity (Wildman–Crippen MR) is 164 cm³/mol. The van der Waals surface area contributed by atoms with Gasteiger partial charge in [0.25, 0.3) is 0 Å². The highest BCUT2D eigenvalue weighted by atomic mass is 16.5. The van der Waals surface area contributed by atoms with Gasteiger partial charge in [0, 0.05) is 12.0 Å². The van der Waals surface area contributed by atoms with Crippen molar-refractivity contribution in [3.63, 3.8) is 0 Å². The molecule has 10 atom stereocenters. The van der Waals surface area contributed by atoms with E-state index < -0.39 is 22.2 Å². The number of carboxylic acid groups (broad SMARTS) is 1. The van der Waals surface area contributed by atoms with Gasteiger partial charge in [-0.3, -0.25) is 4.79 Å². The van der Waals surface area contributed by atoms with Crippen LogP contribution < -0.4 is 5.32 Å². The number of rotatable bonds is 15. The first-order chi connectivity index (χ1) is 19.6. The summed E-state index contributed by atoms with van der Waals surface area (Å²) in [5.74, 6) is 1.02. The molecule has 0 amide bonds. The van der Waals surface area contributed by atoms with Crippen LogP contribution in [0.4, 0.5) is 0 Å². The SMILES string of the molecule is CCCCCCC1CC(C23C[C@@H]4[C@H](C)CC[C@H]4C4(C=O)CC2C=C(C(C)C)C34C(=O)O)OC1CN(C)CCCNC. The lowest BCUT2D eigenvalue weighted by atomic mass is 9.41. The summed E-state index contributed by atoms with van der Waals surface area (Å²) < 4.78 is 7.26. The molecule has 232 valence electrons. The summed E-state index contributed by atoms with van der Waals surface area (Å²) in [7, 11) is 4.21. The van der Waals surface area contributed by atoms with Crippen molar-refractivity contribution >= 4 is 12.3 Å². The van der Waals surface area contributed by atoms with Gasteiger partial charge < -0.3 is 24.9 Å². The molecule has 6 nitrogen and oxygen atoms in total. The number of nitrogens with one attached hydrogen (secondary N) is 1. The maximum Gasteiger partial charge on any atom is 0.315 e. The number of carboxylic acids is 1. The second-order valence-electron chi connectivity index (χ2n) is 15.1. The summed E-state index contributed by atoms with van der Waals surface area (Å²) in [4.78, 5) is 29.9. The van der Waals surface area contributed by atoms with Crippen molar-refractivity contribution in [2.45, 2.75) is 111 Å². The van der Waals surface area contributed by atoms with E-state index in [9.17, 15) is 14.7 Å². The monoisotopic (exact) mass is 570 g/mol. The first-order valence-electron chi connectivity index (χ1n) is 17.0. The summed E-state index contributed by atoms with van der Waals surface area (Å²) in [6, 6.07) is 0. The molecule has 0 aromatic rings. The van der Waals surface area contributed by atoms with Crippen LogP contribution in [0, 0.1) is 51.8 Å². The van der Waals surface area contributed by atoms with Gasteiger partial charge in [0.2, 0.25) is 0 Å². The standard InChI is InChI=1S/C35H58N2O4/c1-7-8-9-10-12-25-17-31(41-30(25)21-37(6)16-11-15-36-5)34-20-27-24(4)13-14-28(27)33(22-38)19-26(34)18-29(23(2)3)35(33,34)32(39)40/h18,22-28,30-31,36H,7-17,19-21H2,1-6H3,(H,39,40)/t24-,25?,26?,27-,28-,30?,31?,33?,34?,35?/m1/s1. The zero-order chi connectivity index (χ0) is 29.6. The molecule has 5 aliphatic rings. The Morgan fingerprint density at radius 3 is 2.66 bits per heavy atom. The van der Waals surface area contributed by atoms with Gasteiger partial charge in [-0.2, -0.15) is 0 Å². The number of hydrogen-bond acceptors (Lipinski definition) is 5. The number of fused-ring (bicyclic) bond motifs is 2. The highest BCUT2D eigenvalue weighted by Gasteiger charge is 2.86. The minimum Gasteiger partial charge on any atom is -0.481 e. The fourth-order valence-electron chi connectivity index (χ4n) is 11.2. The Morgan fingerprint density at radius 1 is 1.22 bits per heavy atom. The molecule has 4 fully saturated rings. The smallest absolute Gasteiger partial charge is 0.315 e. The highest BCUT2D eigenvalue weighted by Crippen LogP contribution is 2.84. The molecule has 4 bridgehead atoms. The molecule has 0 aromatic heterocycles. The molecule has 1 aliphatic heterocycles. The Morgan fingerprint density at radius 2 is 2.00 bits per heavy atom. The van der Waals surface area contributed by atoms with E-state index in [0.29, 0.717) is 24.2 Å². The van der Waals surface area contributed by atoms with Crippen molar-refractivity contribution in [1.82, 2.24) is 10.2 Å². The zero-order valence-corrected chi connectivity index (χ0v) is 26.8. The number of aliphatic carboxylic acids is 1. The second kappa shape index (κ2) is 12.0. The Kier molecular flexibility index (Phi) is 9.16. The number of carbonyl (C=O) groups excluding carboxylic acids is 1. The maximum absolute atomic E-state index is 14.0. The van der Waals surface area contributed by atoms with Crippen LogP contribution in [-0.4, -0.2) is 68.2 Å². The van der Waals surface area contributed by atoms with Crippen LogP contribution in [0.15, 0.2) is 11.6 Å². The molecular weight excluding hydrogens is 512 g/mol. The van der Waals surface area contributed by atoms with E-state index in [1.807, 2.05) is 7.05 Å². The Labute approximate surface area is 249 Å². The quantitative estimate of drug-likeness (QED) is 0.139. The average Bonchev–Trinajstić information content (AvgIpc) is 3.64. The van der Waals surface area contributed by atoms with Gasteiger partial charge in [-0.15, -0.1) is 0 Å². The number of aldehydes is 1. The highest BCUT2D eigenvalue weighted by molar-refractivity contribution is 5.90. The predicted octanol–water partition coefficient (Wildman–Crippen LogP) is 6.20. The van der Waals surface area contributed by atoms with E-state index in [2.05, 4.69) is 51.0 Å². The van der Waals surface area contributed by atoms with Gasteiger partial charge in [0.15, 0.2) is 0 Å². The number of hydrogen-bond donors (Lipinski definition) is 2. The fraction of sp³-hybridized carbons (Fsp3) is 0.886. The fourth-order valence-corrected chi connectivity index (χ4v) is 11.2. The molecule has 3 saturated carbocycles. The average molecular weight is 571 g/mol. The molecule has 41 heavy (non-hydrogen) atoms. The Balaban J connectivity index is 1.53. The van der Waals surface area contributed by atoms with Crippen LogP contribution in [0.2, 0.25) is 0 Å². The normalized spacial score (nSPS) is 42.7. The number of allylic oxidation sites excluding steroid dienone is 1. The topological polar surface area (TPSA) is 78.9 Å². The van der Waals surface area contributed by atoms with Crippen LogP contribution in [0.25, 0.3) is 0 Å². The van der Waals surface area contributed by atoms with Gasteiger partial charge in [0.1, 0.15) is 11.7 Å². The third-order valence-corrected chi connectivity index (χ3v) is 12.8. The van der Waals surface area contributed by atoms with Gasteiger partial charge in [0.05, 0.1) is 17.6 Å². The van der Waals surface area contributed by atoms with Crippen molar-refractivity contribution in [3.8, 4) is 0 Å². The van der Waals surface area contributed by atoms with E-state index in [-0.39, 0.29) is 30.0 Å². The lowest BCUT2D eigenvalue weighted by molar-refractivity contribution is -0.197. The molecule has 4 aliphatic carbocycles. The van der Waals surface area contributed by atoms with Crippen molar-refractivity contribution in [2.24, 2.45) is 51.8 Å². The number of likely N-dealkylation sites (N-methyl/N-ethyl adjacent to an activating group) is 1. The zero-order valence-electron chi connectivity index (χ0n) is 26.8. The number of nitrogens with zero attached hydrogens (tertiary/aromatic N) is 1. The van der Waals surface area contributed by atoms with Gasteiger partial charge in [-0.05, 0) is 101 Å². The lowest BCUT2D eigenvalue weighted by Crippen LogP contribution is -2.65. The van der Waals surface area contributed by atoms with Crippen molar-refractivity contribution in [2.75, 3.05) is 33.7 Å². The van der Waals surface area contributed by atoms with Gasteiger partial charge >= 0.3 is 5.97 Å². The molecule has 1 heterocycles. The second-order valence-corrected chi connectivity index (χ2v) is 15.1. The van der Waals surface area contributed by atoms with Crippen LogP contribution >= 0.6 is 0 Å². The molecule has 0 spiro atoms. The minimum absolute atomic E-state index is 0.103. The van der Waals surface area contributed by atoms with E-state index in [4.69, 9.17) is 4.74 Å². The van der Waals surface area contributed by atoms with Gasteiger partial charge in [-0.25, -0.2) is 0 Å². The van der Waals surface area contributed by atoms with E-state index >= 15 is 0 Å². The van der Waals surface area contributed by atoms with Gasteiger partial charge in [-0.1, -0.05) is 71.4 Å². The molecule has 6 heteroatoms. The number of ether oxygens (including phenoxy) is 1. The third-order valence-electron chi connectivity index (χ3n) is 12.8. The Hall–Kier alpha value is -1.24. The first-order valence-corrected chi connectivity index (χ1v) is 17.0. The summed E-state index contributed by atoms with van der Waals surface area (Å²) in [5.41, 5.74) is -1.45. The van der Waals surface area contributed by atoms with Crippen LogP contribution in [0.3, 0.4) is 0 Å². The number of carbonyl (C=O) groups is 2. The summed E-state index contributed by atoms with van der Waals surface area (Å²) in [6.45, 7) is 11.8. The van der Waals surface area contributed by atoms with Crippen molar-refractivity contribution in [1.29, 1.82) is 0 Å². The van der Waals surface area contributed by atoms with E-state index in [1.54, 1.807) is 0 Å². The molecule has 1 saturated heterocycles. The van der Waals surface area contributed by atoms with Crippen LogP contribution in [0.1, 0.15) is 98.3 Å². The van der Waals surface area contributed by atoms with Crippen molar-refractivity contribution < 1.29 is 19.4 Å². The number of unbranched alkanes of at least 4 members (excludes halogenated alkanes) is 3. The lowest BCUT2D eigenvalue weighted by Gasteiger charge is -2.60. The summed E-state index contributed by atoms with van der Waals surface area (Å²) >= 11 is 0.